The SMILES string of the molecule is CCc1cccc([C@H](C2CCCC2)N2CCNCC2)c1O.Cl.Cl. The summed E-state index contributed by atoms with van der Waals surface area (Å²) in [6.07, 6.45) is 6.22. The van der Waals surface area contributed by atoms with Crippen molar-refractivity contribution in [1.29, 1.82) is 0 Å². The monoisotopic (exact) mass is 360 g/mol. The molecule has 1 aliphatic carbocycles. The maximum atomic E-state index is 10.7. The van der Waals surface area contributed by atoms with Crippen LogP contribution in [0.25, 0.3) is 0 Å². The van der Waals surface area contributed by atoms with Crippen LogP contribution in [0.1, 0.15) is 49.8 Å². The van der Waals surface area contributed by atoms with E-state index in [0.29, 0.717) is 17.7 Å². The van der Waals surface area contributed by atoms with Gasteiger partial charge in [-0.05, 0) is 30.7 Å². The summed E-state index contributed by atoms with van der Waals surface area (Å²) in [6.45, 7) is 6.44. The van der Waals surface area contributed by atoms with Crippen molar-refractivity contribution in [2.45, 2.75) is 45.1 Å². The second-order valence-corrected chi connectivity index (χ2v) is 6.48. The zero-order chi connectivity index (χ0) is 14.7. The van der Waals surface area contributed by atoms with E-state index in [2.05, 4.69) is 35.3 Å². The minimum absolute atomic E-state index is 0. The fourth-order valence-electron chi connectivity index (χ4n) is 4.12. The van der Waals surface area contributed by atoms with Crippen molar-refractivity contribution in [3.8, 4) is 5.75 Å². The molecule has 0 amide bonds. The summed E-state index contributed by atoms with van der Waals surface area (Å²) in [4.78, 5) is 2.60. The van der Waals surface area contributed by atoms with Crippen LogP contribution in [0.15, 0.2) is 18.2 Å². The number of hydrogen-bond donors (Lipinski definition) is 2. The van der Waals surface area contributed by atoms with Crippen molar-refractivity contribution >= 4 is 24.8 Å². The zero-order valence-corrected chi connectivity index (χ0v) is 15.6. The number of para-hydroxylation sites is 1. The molecule has 2 aliphatic rings. The van der Waals surface area contributed by atoms with Crippen LogP contribution in [0.5, 0.6) is 5.75 Å². The molecule has 0 radical (unpaired) electrons. The van der Waals surface area contributed by atoms with Crippen LogP contribution < -0.4 is 5.32 Å². The smallest absolute Gasteiger partial charge is 0.123 e. The highest BCUT2D eigenvalue weighted by Crippen LogP contribution is 2.43. The van der Waals surface area contributed by atoms with E-state index in [4.69, 9.17) is 0 Å². The van der Waals surface area contributed by atoms with Gasteiger partial charge in [0, 0.05) is 37.8 Å². The Morgan fingerprint density at radius 3 is 2.43 bits per heavy atom. The highest BCUT2D eigenvalue weighted by Gasteiger charge is 2.33. The van der Waals surface area contributed by atoms with Crippen LogP contribution >= 0.6 is 24.8 Å². The molecule has 0 aromatic heterocycles. The molecule has 2 fully saturated rings. The highest BCUT2D eigenvalue weighted by atomic mass is 35.5. The molecule has 1 saturated carbocycles. The number of halogens is 2. The third-order valence-electron chi connectivity index (χ3n) is 5.24. The van der Waals surface area contributed by atoms with E-state index in [0.717, 1.165) is 38.2 Å². The summed E-state index contributed by atoms with van der Waals surface area (Å²) in [5.74, 6) is 1.26. The number of piperazine rings is 1. The molecule has 0 bridgehead atoms. The lowest BCUT2D eigenvalue weighted by Crippen LogP contribution is -2.46. The number of nitrogens with one attached hydrogen (secondary N) is 1. The first-order chi connectivity index (χ1) is 10.3. The number of aromatic hydroxyl groups is 1. The highest BCUT2D eigenvalue weighted by molar-refractivity contribution is 5.85. The lowest BCUT2D eigenvalue weighted by Gasteiger charge is -2.39. The Labute approximate surface area is 152 Å². The number of rotatable bonds is 4. The van der Waals surface area contributed by atoms with Gasteiger partial charge in [0.2, 0.25) is 0 Å². The average molecular weight is 361 g/mol. The number of phenolic OH excluding ortho intramolecular Hbond substituents is 1. The minimum Gasteiger partial charge on any atom is -0.507 e. The molecule has 2 N–H and O–H groups in total. The van der Waals surface area contributed by atoms with Gasteiger partial charge in [0.1, 0.15) is 5.75 Å². The van der Waals surface area contributed by atoms with Gasteiger partial charge in [-0.3, -0.25) is 4.90 Å². The van der Waals surface area contributed by atoms with Crippen LogP contribution in [0.3, 0.4) is 0 Å². The number of aryl methyl sites for hydroxylation is 1. The molecule has 23 heavy (non-hydrogen) atoms. The van der Waals surface area contributed by atoms with Crippen molar-refractivity contribution in [3.05, 3.63) is 29.3 Å². The maximum absolute atomic E-state index is 10.7. The van der Waals surface area contributed by atoms with Gasteiger partial charge in [-0.2, -0.15) is 0 Å². The number of hydrogen-bond acceptors (Lipinski definition) is 3. The molecule has 1 atom stereocenters. The van der Waals surface area contributed by atoms with E-state index in [1.165, 1.54) is 31.2 Å². The largest absolute Gasteiger partial charge is 0.507 e. The Bertz CT molecular complexity index is 472. The summed E-state index contributed by atoms with van der Waals surface area (Å²) in [7, 11) is 0. The molecule has 1 saturated heterocycles. The van der Waals surface area contributed by atoms with E-state index in [1.807, 2.05) is 0 Å². The van der Waals surface area contributed by atoms with Gasteiger partial charge >= 0.3 is 0 Å². The van der Waals surface area contributed by atoms with Crippen molar-refractivity contribution in [2.75, 3.05) is 26.2 Å². The molecule has 1 heterocycles. The predicted octanol–water partition coefficient (Wildman–Crippen LogP) is 3.93. The first-order valence-corrected chi connectivity index (χ1v) is 8.56. The quantitative estimate of drug-likeness (QED) is 0.853. The maximum Gasteiger partial charge on any atom is 0.123 e. The number of benzene rings is 1. The molecule has 1 aromatic rings. The summed E-state index contributed by atoms with van der Waals surface area (Å²) in [6, 6.07) is 6.74. The van der Waals surface area contributed by atoms with Gasteiger partial charge in [-0.1, -0.05) is 38.0 Å². The molecule has 1 aromatic carbocycles. The Hall–Kier alpha value is -0.480. The molecule has 3 nitrogen and oxygen atoms in total. The first-order valence-electron chi connectivity index (χ1n) is 8.56. The Balaban J connectivity index is 0.00000132. The topological polar surface area (TPSA) is 35.5 Å². The van der Waals surface area contributed by atoms with Crippen LogP contribution in [-0.2, 0) is 6.42 Å². The normalized spacial score (nSPS) is 20.6. The van der Waals surface area contributed by atoms with E-state index in [-0.39, 0.29) is 24.8 Å². The minimum atomic E-state index is 0. The Morgan fingerprint density at radius 1 is 1.17 bits per heavy atom. The summed E-state index contributed by atoms with van der Waals surface area (Å²) < 4.78 is 0. The van der Waals surface area contributed by atoms with Crippen LogP contribution in [0.2, 0.25) is 0 Å². The second-order valence-electron chi connectivity index (χ2n) is 6.48. The predicted molar refractivity (Wildman–Crippen MR) is 101 cm³/mol. The summed E-state index contributed by atoms with van der Waals surface area (Å²) in [5.41, 5.74) is 2.26. The van der Waals surface area contributed by atoms with Gasteiger partial charge < -0.3 is 10.4 Å². The van der Waals surface area contributed by atoms with Crippen molar-refractivity contribution in [3.63, 3.8) is 0 Å². The number of nitrogens with zero attached hydrogens (tertiary/aromatic N) is 1. The third kappa shape index (κ3) is 4.54. The molecular formula is C18H30Cl2N2O. The van der Waals surface area contributed by atoms with Crippen molar-refractivity contribution in [1.82, 2.24) is 10.2 Å². The van der Waals surface area contributed by atoms with Gasteiger partial charge in [0.05, 0.1) is 0 Å². The van der Waals surface area contributed by atoms with Crippen LogP contribution in [-0.4, -0.2) is 36.2 Å². The summed E-state index contributed by atoms with van der Waals surface area (Å²) >= 11 is 0. The standard InChI is InChI=1S/C18H28N2O.2ClH/c1-2-14-8-5-9-16(18(14)21)17(15-6-3-4-7-15)20-12-10-19-11-13-20;;/h5,8-9,15,17,19,21H,2-4,6-7,10-13H2,1H3;2*1H/t17-;;/m0../s1. The van der Waals surface area contributed by atoms with Gasteiger partial charge in [-0.25, -0.2) is 0 Å². The fraction of sp³-hybridized carbons (Fsp3) is 0.667. The molecule has 0 unspecified atom stereocenters. The van der Waals surface area contributed by atoms with Crippen LogP contribution in [0.4, 0.5) is 0 Å². The van der Waals surface area contributed by atoms with Crippen LogP contribution in [0, 0.1) is 5.92 Å². The third-order valence-corrected chi connectivity index (χ3v) is 5.24. The first kappa shape index (κ1) is 20.6. The average Bonchev–Trinajstić information content (AvgIpc) is 3.04. The molecule has 132 valence electrons. The van der Waals surface area contributed by atoms with Crippen molar-refractivity contribution < 1.29 is 5.11 Å². The zero-order valence-electron chi connectivity index (χ0n) is 14.0. The molecule has 0 spiro atoms. The molecular weight excluding hydrogens is 331 g/mol. The lowest BCUT2D eigenvalue weighted by molar-refractivity contribution is 0.123. The summed E-state index contributed by atoms with van der Waals surface area (Å²) in [5, 5.41) is 14.2. The van der Waals surface area contributed by atoms with Gasteiger partial charge in [0.25, 0.3) is 0 Å². The van der Waals surface area contributed by atoms with E-state index >= 15 is 0 Å². The lowest BCUT2D eigenvalue weighted by atomic mass is 9.88. The van der Waals surface area contributed by atoms with E-state index in [1.54, 1.807) is 0 Å². The van der Waals surface area contributed by atoms with Gasteiger partial charge in [0.15, 0.2) is 0 Å². The Kier molecular flexibility index (Phi) is 8.70. The molecule has 1 aliphatic heterocycles. The van der Waals surface area contributed by atoms with E-state index in [9.17, 15) is 5.11 Å². The Morgan fingerprint density at radius 2 is 1.83 bits per heavy atom. The second kappa shape index (κ2) is 9.73. The number of phenols is 1. The van der Waals surface area contributed by atoms with E-state index < -0.39 is 0 Å². The fourth-order valence-corrected chi connectivity index (χ4v) is 4.12. The molecule has 5 heteroatoms. The molecule has 3 rings (SSSR count). The van der Waals surface area contributed by atoms with Crippen molar-refractivity contribution in [2.24, 2.45) is 5.92 Å². The van der Waals surface area contributed by atoms with Gasteiger partial charge in [-0.15, -0.1) is 24.8 Å².